The van der Waals surface area contributed by atoms with Crippen LogP contribution in [0.4, 0.5) is 4.79 Å². The predicted octanol–water partition coefficient (Wildman–Crippen LogP) is 6.07. The number of ether oxygens (including phenoxy) is 1. The number of carbonyl (C=O) groups excluding carboxylic acids is 2. The van der Waals surface area contributed by atoms with Gasteiger partial charge in [-0.3, -0.25) is 4.79 Å². The largest absolute Gasteiger partial charge is 0.443 e. The Kier molecular flexibility index (Phi) is 7.00. The predicted molar refractivity (Wildman–Crippen MR) is 118 cm³/mol. The Hall–Kier alpha value is -1.66. The lowest BCUT2D eigenvalue weighted by Crippen LogP contribution is -2.66. The first-order chi connectivity index (χ1) is 13.3. The summed E-state index contributed by atoms with van der Waals surface area (Å²) in [5.74, 6) is -0.299. The van der Waals surface area contributed by atoms with Crippen LogP contribution in [-0.2, 0) is 14.0 Å². The van der Waals surface area contributed by atoms with E-state index in [4.69, 9.17) is 9.16 Å². The summed E-state index contributed by atoms with van der Waals surface area (Å²) in [4.78, 5) is 27.2. The minimum absolute atomic E-state index is 0.299. The number of amides is 2. The molecule has 1 aliphatic heterocycles. The molecule has 1 aromatic carbocycles. The van der Waals surface area contributed by atoms with Crippen LogP contribution in [0.5, 0.6) is 0 Å². The third-order valence-corrected chi connectivity index (χ3v) is 11.9. The van der Waals surface area contributed by atoms with Crippen molar-refractivity contribution in [1.29, 1.82) is 0 Å². The molecule has 5 nitrogen and oxygen atoms in total. The van der Waals surface area contributed by atoms with Crippen LogP contribution in [0.3, 0.4) is 0 Å². The molecule has 2 rings (SSSR count). The highest BCUT2D eigenvalue weighted by Crippen LogP contribution is 2.48. The molecule has 1 aliphatic rings. The summed E-state index contributed by atoms with van der Waals surface area (Å²) in [5.41, 5.74) is 1.27. The molecule has 1 aromatic rings. The molecule has 0 bridgehead atoms. The molecular weight excluding hydrogens is 382 g/mol. The molecule has 0 N–H and O–H groups in total. The lowest BCUT2D eigenvalue weighted by molar-refractivity contribution is -0.162. The second kappa shape index (κ2) is 8.60. The normalized spacial score (nSPS) is 20.4. The van der Waals surface area contributed by atoms with E-state index in [-0.39, 0.29) is 5.91 Å². The Morgan fingerprint density at radius 2 is 1.45 bits per heavy atom. The van der Waals surface area contributed by atoms with Crippen molar-refractivity contribution in [3.63, 3.8) is 0 Å². The number of rotatable bonds is 6. The van der Waals surface area contributed by atoms with Crippen molar-refractivity contribution in [2.75, 3.05) is 0 Å². The molecule has 0 aliphatic carbocycles. The van der Waals surface area contributed by atoms with Gasteiger partial charge in [0.2, 0.25) is 8.32 Å². The van der Waals surface area contributed by atoms with Gasteiger partial charge in [-0.1, -0.05) is 71.9 Å². The molecule has 0 spiro atoms. The first kappa shape index (κ1) is 23.6. The number of nitrogens with zero attached hydrogens (tertiary/aromatic N) is 1. The smallest absolute Gasteiger partial charge is 0.417 e. The molecule has 1 saturated heterocycles. The van der Waals surface area contributed by atoms with Crippen LogP contribution in [-0.4, -0.2) is 36.9 Å². The van der Waals surface area contributed by atoms with E-state index in [1.54, 1.807) is 20.8 Å². The molecule has 29 heavy (non-hydrogen) atoms. The van der Waals surface area contributed by atoms with E-state index in [2.05, 4.69) is 41.5 Å². The molecular formula is C23H37NO4Si. The van der Waals surface area contributed by atoms with E-state index < -0.39 is 32.2 Å². The zero-order valence-electron chi connectivity index (χ0n) is 19.4. The first-order valence-corrected chi connectivity index (χ1v) is 12.8. The maximum absolute atomic E-state index is 13.1. The Morgan fingerprint density at radius 3 is 1.86 bits per heavy atom. The van der Waals surface area contributed by atoms with Crippen LogP contribution in [0, 0.1) is 0 Å². The van der Waals surface area contributed by atoms with Gasteiger partial charge < -0.3 is 9.16 Å². The van der Waals surface area contributed by atoms with Crippen molar-refractivity contribution in [3.8, 4) is 0 Å². The molecule has 0 saturated carbocycles. The van der Waals surface area contributed by atoms with Crippen molar-refractivity contribution < 1.29 is 18.8 Å². The van der Waals surface area contributed by atoms with Gasteiger partial charge in [0.25, 0.3) is 5.91 Å². The fourth-order valence-corrected chi connectivity index (χ4v) is 10.2. The minimum atomic E-state index is -2.29. The highest BCUT2D eigenvalue weighted by molar-refractivity contribution is 6.77. The van der Waals surface area contributed by atoms with E-state index in [1.807, 2.05) is 30.3 Å². The zero-order chi connectivity index (χ0) is 22.1. The standard InChI is InChI=1S/C23H37NO4Si/c1-15(2)29(16(3)4,17(5)6)28-20-19(18-13-11-10-12-14-18)24(21(20)25)22(26)27-23(7,8)9/h10-17,19-20H,1-9H3. The number of benzene rings is 1. The summed E-state index contributed by atoms with van der Waals surface area (Å²) in [7, 11) is -2.29. The van der Waals surface area contributed by atoms with Gasteiger partial charge in [0.15, 0.2) is 6.10 Å². The summed E-state index contributed by atoms with van der Waals surface area (Å²) < 4.78 is 12.3. The molecule has 1 heterocycles. The Bertz CT molecular complexity index is 702. The highest BCUT2D eigenvalue weighted by Gasteiger charge is 2.58. The fourth-order valence-electron chi connectivity index (χ4n) is 4.69. The average Bonchev–Trinajstić information content (AvgIpc) is 2.58. The van der Waals surface area contributed by atoms with Crippen molar-refractivity contribution in [3.05, 3.63) is 35.9 Å². The van der Waals surface area contributed by atoms with Gasteiger partial charge in [-0.05, 0) is 43.0 Å². The number of carbonyl (C=O) groups is 2. The number of β-lactam (4-membered cyclic amide) rings is 1. The molecule has 2 amide bonds. The minimum Gasteiger partial charge on any atom is -0.443 e. The van der Waals surface area contributed by atoms with Gasteiger partial charge in [0.1, 0.15) is 11.6 Å². The Balaban J connectivity index is 2.43. The summed E-state index contributed by atoms with van der Waals surface area (Å²) in [6, 6.07) is 9.18. The van der Waals surface area contributed by atoms with Crippen LogP contribution in [0.25, 0.3) is 0 Å². The van der Waals surface area contributed by atoms with E-state index in [1.165, 1.54) is 4.90 Å². The van der Waals surface area contributed by atoms with Crippen LogP contribution in [0.1, 0.15) is 73.9 Å². The molecule has 2 unspecified atom stereocenters. The number of hydrogen-bond donors (Lipinski definition) is 0. The van der Waals surface area contributed by atoms with Crippen LogP contribution in [0.2, 0.25) is 16.6 Å². The van der Waals surface area contributed by atoms with E-state index in [0.717, 1.165) is 5.56 Å². The molecule has 0 radical (unpaired) electrons. The SMILES string of the molecule is CC(C)[Si](OC1C(=O)N(C(=O)OC(C)(C)C)C1c1ccccc1)(C(C)C)C(C)C. The lowest BCUT2D eigenvalue weighted by atomic mass is 9.91. The summed E-state index contributed by atoms with van der Waals surface area (Å²) in [5, 5.41) is 0. The van der Waals surface area contributed by atoms with Crippen molar-refractivity contribution in [2.45, 2.75) is 96.7 Å². The van der Waals surface area contributed by atoms with Crippen molar-refractivity contribution in [1.82, 2.24) is 4.90 Å². The van der Waals surface area contributed by atoms with Crippen LogP contribution < -0.4 is 0 Å². The topological polar surface area (TPSA) is 55.8 Å². The van der Waals surface area contributed by atoms with Crippen LogP contribution in [0.15, 0.2) is 30.3 Å². The molecule has 2 atom stereocenters. The van der Waals surface area contributed by atoms with Gasteiger partial charge in [0, 0.05) is 0 Å². The lowest BCUT2D eigenvalue weighted by Gasteiger charge is -2.52. The first-order valence-electron chi connectivity index (χ1n) is 10.6. The Labute approximate surface area is 176 Å². The number of likely N-dealkylation sites (tertiary alicyclic amines) is 1. The van der Waals surface area contributed by atoms with Crippen LogP contribution >= 0.6 is 0 Å². The van der Waals surface area contributed by atoms with Gasteiger partial charge in [-0.2, -0.15) is 0 Å². The van der Waals surface area contributed by atoms with Crippen molar-refractivity contribution >= 4 is 20.3 Å². The maximum atomic E-state index is 13.1. The quantitative estimate of drug-likeness (QED) is 0.415. The maximum Gasteiger partial charge on any atom is 0.417 e. The average molecular weight is 420 g/mol. The molecule has 0 aromatic heterocycles. The monoisotopic (exact) mass is 419 g/mol. The fraction of sp³-hybridized carbons (Fsp3) is 0.652. The van der Waals surface area contributed by atoms with Gasteiger partial charge in [-0.15, -0.1) is 0 Å². The van der Waals surface area contributed by atoms with Gasteiger partial charge >= 0.3 is 6.09 Å². The van der Waals surface area contributed by atoms with Gasteiger partial charge in [-0.25, -0.2) is 9.69 Å². The summed E-state index contributed by atoms with van der Waals surface area (Å²) in [6.45, 7) is 18.6. The van der Waals surface area contributed by atoms with E-state index >= 15 is 0 Å². The summed E-state index contributed by atoms with van der Waals surface area (Å²) in [6.07, 6.45) is -1.26. The third-order valence-electron chi connectivity index (χ3n) is 5.82. The summed E-state index contributed by atoms with van der Waals surface area (Å²) >= 11 is 0. The van der Waals surface area contributed by atoms with E-state index in [0.29, 0.717) is 16.6 Å². The molecule has 1 fully saturated rings. The third kappa shape index (κ3) is 4.58. The van der Waals surface area contributed by atoms with Crippen molar-refractivity contribution in [2.24, 2.45) is 0 Å². The second-order valence-electron chi connectivity index (χ2n) is 9.90. The second-order valence-corrected chi connectivity index (χ2v) is 15.3. The molecule has 162 valence electrons. The zero-order valence-corrected chi connectivity index (χ0v) is 20.4. The van der Waals surface area contributed by atoms with E-state index in [9.17, 15) is 9.59 Å². The van der Waals surface area contributed by atoms with Gasteiger partial charge in [0.05, 0.1) is 0 Å². The number of hydrogen-bond acceptors (Lipinski definition) is 4. The highest BCUT2D eigenvalue weighted by atomic mass is 28.4. The molecule has 6 heteroatoms. The number of imide groups is 1. The Morgan fingerprint density at radius 1 is 0.966 bits per heavy atom.